The predicted octanol–water partition coefficient (Wildman–Crippen LogP) is 10.4. The third-order valence-electron chi connectivity index (χ3n) is 8.09. The normalized spacial score (nSPS) is 10.4. The minimum Gasteiger partial charge on any atom is -0.423 e. The van der Waals surface area contributed by atoms with Gasteiger partial charge in [0.2, 0.25) is 0 Å². The SMILES string of the molecule is C=CC(=O)Oc1ccc(-c2ccc(N(c3ccc(-c4ccc(OC(=O)C=C)cc4)cc3)c3ccc(-c4ccc(OC(=O)C=C)cc4)cc3)cc2)cc1. The third kappa shape index (κ3) is 8.30. The quantitative estimate of drug-likeness (QED) is 0.0721. The summed E-state index contributed by atoms with van der Waals surface area (Å²) in [4.78, 5) is 36.9. The van der Waals surface area contributed by atoms with Crippen molar-refractivity contribution in [3.05, 3.63) is 184 Å². The van der Waals surface area contributed by atoms with Gasteiger partial charge >= 0.3 is 17.9 Å². The molecule has 0 heterocycles. The molecular formula is C45H33NO6. The number of hydrogen-bond acceptors (Lipinski definition) is 7. The molecule has 0 N–H and O–H groups in total. The van der Waals surface area contributed by atoms with Crippen molar-refractivity contribution in [3.63, 3.8) is 0 Å². The Morgan fingerprint density at radius 2 is 0.538 bits per heavy atom. The number of carbonyl (C=O) groups excluding carboxylic acids is 3. The largest absolute Gasteiger partial charge is 0.423 e. The van der Waals surface area contributed by atoms with Crippen LogP contribution >= 0.6 is 0 Å². The molecule has 6 rings (SSSR count). The van der Waals surface area contributed by atoms with Crippen molar-refractivity contribution in [1.82, 2.24) is 0 Å². The number of ether oxygens (including phenoxy) is 3. The maximum atomic E-state index is 11.6. The van der Waals surface area contributed by atoms with Crippen molar-refractivity contribution in [2.75, 3.05) is 4.90 Å². The molecule has 0 amide bonds. The Bertz CT molecular complexity index is 1960. The number of hydrogen-bond donors (Lipinski definition) is 0. The van der Waals surface area contributed by atoms with Gasteiger partial charge in [-0.1, -0.05) is 92.5 Å². The van der Waals surface area contributed by atoms with Gasteiger partial charge in [0.05, 0.1) is 0 Å². The molecule has 7 nitrogen and oxygen atoms in total. The van der Waals surface area contributed by atoms with Crippen LogP contribution in [-0.4, -0.2) is 17.9 Å². The van der Waals surface area contributed by atoms with E-state index in [1.54, 1.807) is 36.4 Å². The first-order valence-electron chi connectivity index (χ1n) is 16.3. The molecule has 0 spiro atoms. The summed E-state index contributed by atoms with van der Waals surface area (Å²) in [5, 5.41) is 0. The second kappa shape index (κ2) is 16.0. The van der Waals surface area contributed by atoms with Gasteiger partial charge in [-0.05, 0) is 106 Å². The lowest BCUT2D eigenvalue weighted by molar-refractivity contribution is -0.129. The van der Waals surface area contributed by atoms with Crippen LogP contribution in [0.25, 0.3) is 33.4 Å². The van der Waals surface area contributed by atoms with Gasteiger partial charge in [-0.2, -0.15) is 0 Å². The van der Waals surface area contributed by atoms with Gasteiger partial charge in [-0.3, -0.25) is 0 Å². The van der Waals surface area contributed by atoms with Gasteiger partial charge in [-0.15, -0.1) is 0 Å². The number of carbonyl (C=O) groups is 3. The fourth-order valence-electron chi connectivity index (χ4n) is 5.48. The fraction of sp³-hybridized carbons (Fsp3) is 0. The van der Waals surface area contributed by atoms with Gasteiger partial charge in [0.1, 0.15) is 17.2 Å². The van der Waals surface area contributed by atoms with Crippen molar-refractivity contribution in [1.29, 1.82) is 0 Å². The highest BCUT2D eigenvalue weighted by molar-refractivity contribution is 5.85. The Kier molecular flexibility index (Phi) is 10.6. The van der Waals surface area contributed by atoms with Crippen LogP contribution in [0, 0.1) is 0 Å². The first-order valence-corrected chi connectivity index (χ1v) is 16.3. The van der Waals surface area contributed by atoms with E-state index in [2.05, 4.69) is 97.4 Å². The van der Waals surface area contributed by atoms with Crippen LogP contribution in [0.2, 0.25) is 0 Å². The van der Waals surface area contributed by atoms with E-state index in [9.17, 15) is 14.4 Å². The second-order valence-electron chi connectivity index (χ2n) is 11.4. The molecule has 0 fully saturated rings. The molecule has 6 aromatic rings. The predicted molar refractivity (Wildman–Crippen MR) is 205 cm³/mol. The van der Waals surface area contributed by atoms with E-state index in [-0.39, 0.29) is 0 Å². The van der Waals surface area contributed by atoms with Gasteiger partial charge < -0.3 is 19.1 Å². The van der Waals surface area contributed by atoms with Gasteiger partial charge in [-0.25, -0.2) is 14.4 Å². The standard InChI is InChI=1S/C45H33NO6/c1-4-43(47)50-40-25-13-34(14-26-40)31-7-19-37(20-8-31)46(38-21-9-32(10-22-38)35-15-27-41(28-16-35)51-44(48)5-2)39-23-11-33(12-24-39)36-17-29-42(30-18-36)52-45(49)6-3/h4-30H,1-3H2. The van der Waals surface area contributed by atoms with Crippen LogP contribution < -0.4 is 19.1 Å². The van der Waals surface area contributed by atoms with Crippen LogP contribution in [0.3, 0.4) is 0 Å². The molecule has 0 radical (unpaired) electrons. The Morgan fingerprint density at radius 1 is 0.346 bits per heavy atom. The summed E-state index contributed by atoms with van der Waals surface area (Å²) in [6.45, 7) is 10.3. The molecule has 0 atom stereocenters. The van der Waals surface area contributed by atoms with Crippen molar-refractivity contribution in [2.24, 2.45) is 0 Å². The first kappa shape index (κ1) is 34.6. The zero-order chi connectivity index (χ0) is 36.5. The Balaban J connectivity index is 1.29. The number of benzene rings is 6. The lowest BCUT2D eigenvalue weighted by Gasteiger charge is -2.26. The Morgan fingerprint density at radius 3 is 0.731 bits per heavy atom. The molecule has 6 aromatic carbocycles. The maximum Gasteiger partial charge on any atom is 0.335 e. The second-order valence-corrected chi connectivity index (χ2v) is 11.4. The summed E-state index contributed by atoms with van der Waals surface area (Å²) >= 11 is 0. The van der Waals surface area contributed by atoms with Crippen molar-refractivity contribution < 1.29 is 28.6 Å². The van der Waals surface area contributed by atoms with Crippen molar-refractivity contribution in [2.45, 2.75) is 0 Å². The molecular weight excluding hydrogens is 650 g/mol. The van der Waals surface area contributed by atoms with Crippen LogP contribution in [0.4, 0.5) is 17.1 Å². The minimum absolute atomic E-state index is 0.447. The highest BCUT2D eigenvalue weighted by atomic mass is 16.5. The highest BCUT2D eigenvalue weighted by Gasteiger charge is 2.14. The van der Waals surface area contributed by atoms with Crippen LogP contribution in [0.1, 0.15) is 0 Å². The Hall–Kier alpha value is -7.25. The number of esters is 3. The van der Waals surface area contributed by atoms with Crippen LogP contribution in [-0.2, 0) is 14.4 Å². The molecule has 254 valence electrons. The van der Waals surface area contributed by atoms with E-state index in [1.807, 2.05) is 36.4 Å². The molecule has 0 aliphatic heterocycles. The third-order valence-corrected chi connectivity index (χ3v) is 8.09. The van der Waals surface area contributed by atoms with Crippen LogP contribution in [0.5, 0.6) is 17.2 Å². The smallest absolute Gasteiger partial charge is 0.335 e. The fourth-order valence-corrected chi connectivity index (χ4v) is 5.48. The van der Waals surface area contributed by atoms with E-state index in [4.69, 9.17) is 14.2 Å². The molecule has 0 aliphatic carbocycles. The monoisotopic (exact) mass is 683 g/mol. The molecule has 0 bridgehead atoms. The van der Waals surface area contributed by atoms with E-state index < -0.39 is 17.9 Å². The molecule has 0 saturated heterocycles. The van der Waals surface area contributed by atoms with Crippen molar-refractivity contribution in [3.8, 4) is 50.6 Å². The zero-order valence-corrected chi connectivity index (χ0v) is 28.1. The number of nitrogens with zero attached hydrogens (tertiary/aromatic N) is 1. The average Bonchev–Trinajstić information content (AvgIpc) is 3.19. The topological polar surface area (TPSA) is 82.1 Å². The molecule has 0 aromatic heterocycles. The maximum absolute atomic E-state index is 11.6. The lowest BCUT2D eigenvalue weighted by atomic mass is 10.0. The van der Waals surface area contributed by atoms with E-state index in [0.29, 0.717) is 17.2 Å². The average molecular weight is 684 g/mol. The number of anilines is 3. The lowest BCUT2D eigenvalue weighted by Crippen LogP contribution is -2.09. The molecule has 52 heavy (non-hydrogen) atoms. The minimum atomic E-state index is -0.507. The van der Waals surface area contributed by atoms with Crippen molar-refractivity contribution >= 4 is 35.0 Å². The first-order chi connectivity index (χ1) is 25.3. The van der Waals surface area contributed by atoms with Gasteiger partial charge in [0.15, 0.2) is 0 Å². The van der Waals surface area contributed by atoms with E-state index in [0.717, 1.165) is 68.7 Å². The molecule has 0 saturated carbocycles. The summed E-state index contributed by atoms with van der Waals surface area (Å²) in [5.41, 5.74) is 8.76. The zero-order valence-electron chi connectivity index (χ0n) is 28.1. The van der Waals surface area contributed by atoms with E-state index in [1.165, 1.54) is 0 Å². The molecule has 0 unspecified atom stereocenters. The van der Waals surface area contributed by atoms with E-state index >= 15 is 0 Å². The van der Waals surface area contributed by atoms with Crippen LogP contribution in [0.15, 0.2) is 184 Å². The van der Waals surface area contributed by atoms with Gasteiger partial charge in [0.25, 0.3) is 0 Å². The molecule has 0 aliphatic rings. The van der Waals surface area contributed by atoms with Gasteiger partial charge in [0, 0.05) is 35.3 Å². The number of rotatable bonds is 12. The highest BCUT2D eigenvalue weighted by Crippen LogP contribution is 2.38. The summed E-state index contributed by atoms with van der Waals surface area (Å²) in [6.07, 6.45) is 3.39. The summed E-state index contributed by atoms with van der Waals surface area (Å²) in [5.74, 6) is -0.182. The summed E-state index contributed by atoms with van der Waals surface area (Å²) < 4.78 is 15.7. The summed E-state index contributed by atoms with van der Waals surface area (Å²) in [6, 6.07) is 46.7. The summed E-state index contributed by atoms with van der Waals surface area (Å²) in [7, 11) is 0. The molecule has 7 heteroatoms. The Labute approximate surface area is 302 Å².